The van der Waals surface area contributed by atoms with Gasteiger partial charge >= 0.3 is 0 Å². The van der Waals surface area contributed by atoms with E-state index in [4.69, 9.17) is 0 Å². The first kappa shape index (κ1) is 12.1. The first-order valence-electron chi connectivity index (χ1n) is 5.95. The summed E-state index contributed by atoms with van der Waals surface area (Å²) in [6, 6.07) is 0.368. The van der Waals surface area contributed by atoms with E-state index in [-0.39, 0.29) is 0 Å². The van der Waals surface area contributed by atoms with E-state index in [1.807, 2.05) is 0 Å². The van der Waals surface area contributed by atoms with Crippen molar-refractivity contribution < 1.29 is 0 Å². The highest BCUT2D eigenvalue weighted by atomic mass is 32.1. The molecule has 4 nitrogen and oxygen atoms in total. The van der Waals surface area contributed by atoms with Crippen LogP contribution in [-0.4, -0.2) is 22.6 Å². The van der Waals surface area contributed by atoms with Gasteiger partial charge in [0.1, 0.15) is 5.82 Å². The number of hydrogen-bond donors (Lipinski definition) is 2. The third-order valence-corrected chi connectivity index (χ3v) is 3.03. The number of fused-ring (bicyclic) bond motifs is 1. The molecule has 5 heteroatoms. The van der Waals surface area contributed by atoms with Crippen LogP contribution < -0.4 is 10.6 Å². The third kappa shape index (κ3) is 2.85. The van der Waals surface area contributed by atoms with E-state index in [1.54, 1.807) is 11.3 Å². The Labute approximate surface area is 105 Å². The first-order chi connectivity index (χ1) is 8.20. The maximum atomic E-state index is 4.52. The number of nitrogens with one attached hydrogen (secondary N) is 2. The molecule has 0 saturated heterocycles. The Morgan fingerprint density at radius 1 is 1.29 bits per heavy atom. The van der Waals surface area contributed by atoms with E-state index >= 15 is 0 Å². The van der Waals surface area contributed by atoms with Gasteiger partial charge in [0.25, 0.3) is 0 Å². The Hall–Kier alpha value is -1.36. The summed E-state index contributed by atoms with van der Waals surface area (Å²) in [6.45, 7) is 7.25. The van der Waals surface area contributed by atoms with Crippen molar-refractivity contribution in [3.05, 3.63) is 10.8 Å². The number of aromatic nitrogens is 2. The molecule has 92 valence electrons. The maximum absolute atomic E-state index is 4.52. The van der Waals surface area contributed by atoms with E-state index in [9.17, 15) is 0 Å². The monoisotopic (exact) mass is 250 g/mol. The average molecular weight is 250 g/mol. The second kappa shape index (κ2) is 5.31. The molecule has 0 atom stereocenters. The fourth-order valence-electron chi connectivity index (χ4n) is 1.56. The molecule has 2 aromatic heterocycles. The van der Waals surface area contributed by atoms with Crippen LogP contribution in [0.1, 0.15) is 27.2 Å². The van der Waals surface area contributed by atoms with E-state index in [2.05, 4.69) is 52.1 Å². The molecule has 0 aliphatic heterocycles. The van der Waals surface area contributed by atoms with Crippen molar-refractivity contribution in [2.24, 2.45) is 0 Å². The van der Waals surface area contributed by atoms with Gasteiger partial charge in [-0.3, -0.25) is 0 Å². The number of hydrogen-bond acceptors (Lipinski definition) is 5. The van der Waals surface area contributed by atoms with Crippen molar-refractivity contribution in [2.45, 2.75) is 33.2 Å². The summed E-state index contributed by atoms with van der Waals surface area (Å²) >= 11 is 1.66. The lowest BCUT2D eigenvalue weighted by Gasteiger charge is -2.12. The predicted octanol–water partition coefficient (Wildman–Crippen LogP) is 3.33. The van der Waals surface area contributed by atoms with E-state index in [0.717, 1.165) is 29.7 Å². The Kier molecular flexibility index (Phi) is 3.78. The molecule has 0 radical (unpaired) electrons. The SMILES string of the molecule is CCCNc1nc(NC(C)C)c2cscc2n1. The summed E-state index contributed by atoms with van der Waals surface area (Å²) < 4.78 is 0. The van der Waals surface area contributed by atoms with Gasteiger partial charge < -0.3 is 10.6 Å². The zero-order chi connectivity index (χ0) is 12.3. The van der Waals surface area contributed by atoms with Gasteiger partial charge in [0.05, 0.1) is 10.9 Å². The van der Waals surface area contributed by atoms with E-state index in [0.29, 0.717) is 12.0 Å². The quantitative estimate of drug-likeness (QED) is 0.854. The summed E-state index contributed by atoms with van der Waals surface area (Å²) in [6.07, 6.45) is 1.07. The second-order valence-corrected chi connectivity index (χ2v) is 5.04. The Bertz CT molecular complexity index is 492. The van der Waals surface area contributed by atoms with Crippen molar-refractivity contribution in [2.75, 3.05) is 17.2 Å². The van der Waals surface area contributed by atoms with Gasteiger partial charge in [-0.25, -0.2) is 4.98 Å². The Balaban J connectivity index is 2.36. The van der Waals surface area contributed by atoms with Crippen LogP contribution in [0.4, 0.5) is 11.8 Å². The van der Waals surface area contributed by atoms with Crippen molar-refractivity contribution in [1.82, 2.24) is 9.97 Å². The number of thiophene rings is 1. The molecule has 0 spiro atoms. The lowest BCUT2D eigenvalue weighted by molar-refractivity contribution is 0.888. The highest BCUT2D eigenvalue weighted by Crippen LogP contribution is 2.25. The molecule has 2 heterocycles. The van der Waals surface area contributed by atoms with Crippen LogP contribution in [0, 0.1) is 0 Å². The lowest BCUT2D eigenvalue weighted by Crippen LogP contribution is -2.13. The zero-order valence-corrected chi connectivity index (χ0v) is 11.3. The fourth-order valence-corrected chi connectivity index (χ4v) is 2.30. The lowest BCUT2D eigenvalue weighted by atomic mass is 10.3. The van der Waals surface area contributed by atoms with Crippen molar-refractivity contribution >= 4 is 34.0 Å². The Morgan fingerprint density at radius 2 is 2.12 bits per heavy atom. The summed E-state index contributed by atoms with van der Waals surface area (Å²) in [7, 11) is 0. The number of rotatable bonds is 5. The van der Waals surface area contributed by atoms with Crippen LogP contribution in [0.2, 0.25) is 0 Å². The predicted molar refractivity (Wildman–Crippen MR) is 75.0 cm³/mol. The minimum Gasteiger partial charge on any atom is -0.367 e. The molecular formula is C12H18N4S. The van der Waals surface area contributed by atoms with Gasteiger partial charge in [0.15, 0.2) is 0 Å². The molecule has 0 aliphatic rings. The fraction of sp³-hybridized carbons (Fsp3) is 0.500. The summed E-state index contributed by atoms with van der Waals surface area (Å²) in [5.41, 5.74) is 1.01. The Morgan fingerprint density at radius 3 is 2.82 bits per heavy atom. The molecule has 0 aliphatic carbocycles. The van der Waals surface area contributed by atoms with Crippen LogP contribution in [-0.2, 0) is 0 Å². The van der Waals surface area contributed by atoms with Crippen LogP contribution in [0.25, 0.3) is 10.9 Å². The largest absolute Gasteiger partial charge is 0.367 e. The second-order valence-electron chi connectivity index (χ2n) is 4.29. The molecule has 0 unspecified atom stereocenters. The summed E-state index contributed by atoms with van der Waals surface area (Å²) in [5.74, 6) is 1.63. The molecule has 17 heavy (non-hydrogen) atoms. The van der Waals surface area contributed by atoms with Crippen LogP contribution in [0.5, 0.6) is 0 Å². The standard InChI is InChI=1S/C12H18N4S/c1-4-5-13-12-15-10-7-17-6-9(10)11(16-12)14-8(2)3/h6-8H,4-5H2,1-3H3,(H2,13,14,15,16). The molecule has 0 aromatic carbocycles. The molecule has 2 aromatic rings. The van der Waals surface area contributed by atoms with Gasteiger partial charge in [0, 0.05) is 23.3 Å². The average Bonchev–Trinajstić information content (AvgIpc) is 2.73. The topological polar surface area (TPSA) is 49.8 Å². The van der Waals surface area contributed by atoms with Gasteiger partial charge in [-0.05, 0) is 20.3 Å². The zero-order valence-electron chi connectivity index (χ0n) is 10.4. The number of anilines is 2. The van der Waals surface area contributed by atoms with Gasteiger partial charge in [-0.1, -0.05) is 6.92 Å². The van der Waals surface area contributed by atoms with E-state index in [1.165, 1.54) is 0 Å². The smallest absolute Gasteiger partial charge is 0.225 e. The normalized spacial score (nSPS) is 11.1. The van der Waals surface area contributed by atoms with Crippen molar-refractivity contribution in [3.8, 4) is 0 Å². The number of nitrogens with zero attached hydrogens (tertiary/aromatic N) is 2. The first-order valence-corrected chi connectivity index (χ1v) is 6.89. The molecule has 2 N–H and O–H groups in total. The van der Waals surface area contributed by atoms with Gasteiger partial charge in [-0.2, -0.15) is 4.98 Å². The molecular weight excluding hydrogens is 232 g/mol. The third-order valence-electron chi connectivity index (χ3n) is 2.30. The minimum atomic E-state index is 0.368. The van der Waals surface area contributed by atoms with Crippen molar-refractivity contribution in [3.63, 3.8) is 0 Å². The molecule has 0 bridgehead atoms. The van der Waals surface area contributed by atoms with Crippen LogP contribution in [0.3, 0.4) is 0 Å². The van der Waals surface area contributed by atoms with Crippen molar-refractivity contribution in [1.29, 1.82) is 0 Å². The highest BCUT2D eigenvalue weighted by Gasteiger charge is 2.08. The van der Waals surface area contributed by atoms with E-state index < -0.39 is 0 Å². The van der Waals surface area contributed by atoms with Gasteiger partial charge in [-0.15, -0.1) is 11.3 Å². The molecule has 0 amide bonds. The maximum Gasteiger partial charge on any atom is 0.225 e. The summed E-state index contributed by atoms with van der Waals surface area (Å²) in [5, 5.41) is 11.8. The molecule has 0 saturated carbocycles. The molecule has 2 rings (SSSR count). The minimum absolute atomic E-state index is 0.368. The highest BCUT2D eigenvalue weighted by molar-refractivity contribution is 7.09. The van der Waals surface area contributed by atoms with Gasteiger partial charge in [0.2, 0.25) is 5.95 Å². The van der Waals surface area contributed by atoms with Crippen LogP contribution >= 0.6 is 11.3 Å². The van der Waals surface area contributed by atoms with Crippen LogP contribution in [0.15, 0.2) is 10.8 Å². The molecule has 0 fully saturated rings. The summed E-state index contributed by atoms with van der Waals surface area (Å²) in [4.78, 5) is 9.01.